The maximum atomic E-state index is 12.6. The van der Waals surface area contributed by atoms with Gasteiger partial charge in [0.25, 0.3) is 0 Å². The van der Waals surface area contributed by atoms with Gasteiger partial charge in [-0.25, -0.2) is 14.4 Å². The normalized spacial score (nSPS) is 16.7. The van der Waals surface area contributed by atoms with Gasteiger partial charge in [0.2, 0.25) is 0 Å². The van der Waals surface area contributed by atoms with Gasteiger partial charge in [-0.15, -0.1) is 0 Å². The monoisotopic (exact) mass is 413 g/mol. The first-order valence-electron chi connectivity index (χ1n) is 7.89. The maximum absolute atomic E-state index is 12.6. The fourth-order valence-corrected chi connectivity index (χ4v) is 3.28. The molecule has 1 aromatic carbocycles. The molecule has 0 aromatic heterocycles. The number of carbonyl (C=O) groups is 3. The maximum Gasteiger partial charge on any atom is 0.352 e. The predicted molar refractivity (Wildman–Crippen MR) is 98.3 cm³/mol. The molecule has 7 nitrogen and oxygen atoms in total. The van der Waals surface area contributed by atoms with Crippen LogP contribution in [0, 0.1) is 0 Å². The van der Waals surface area contributed by atoms with Gasteiger partial charge in [-0.05, 0) is 25.5 Å². The van der Waals surface area contributed by atoms with Crippen molar-refractivity contribution in [2.75, 3.05) is 13.7 Å². The predicted octanol–water partition coefficient (Wildman–Crippen LogP) is 3.03. The molecule has 9 heteroatoms. The standard InChI is InChI=1S/C18H17Cl2NO6/c1-4-27-18(25)13-12(9-6-5-7-10(19)14(9)20)11(17(24)26-3)8(2)21-15(13)16(22)23/h5-7,12,21H,4H2,1-3H3,(H,22,23). The Morgan fingerprint density at radius 3 is 2.41 bits per heavy atom. The first kappa shape index (κ1) is 20.8. The van der Waals surface area contributed by atoms with E-state index in [4.69, 9.17) is 32.7 Å². The molecule has 0 saturated heterocycles. The number of carboxylic acid groups (broad SMARTS) is 1. The van der Waals surface area contributed by atoms with E-state index in [1.807, 2.05) is 0 Å². The van der Waals surface area contributed by atoms with Gasteiger partial charge in [-0.2, -0.15) is 0 Å². The van der Waals surface area contributed by atoms with E-state index in [0.717, 1.165) is 0 Å². The number of methoxy groups -OCH3 is 1. The van der Waals surface area contributed by atoms with Crippen LogP contribution in [-0.4, -0.2) is 36.7 Å². The number of carbonyl (C=O) groups excluding carboxylic acids is 2. The SMILES string of the molecule is CCOC(=O)C1=C(C(=O)O)NC(C)=C(C(=O)OC)C1c1cccc(Cl)c1Cl. The van der Waals surface area contributed by atoms with Gasteiger partial charge in [-0.3, -0.25) is 0 Å². The molecule has 1 aliphatic heterocycles. The first-order valence-corrected chi connectivity index (χ1v) is 8.64. The van der Waals surface area contributed by atoms with Crippen molar-refractivity contribution in [2.24, 2.45) is 0 Å². The second-order valence-corrected chi connectivity index (χ2v) is 6.33. The average Bonchev–Trinajstić information content (AvgIpc) is 2.62. The van der Waals surface area contributed by atoms with Crippen molar-refractivity contribution in [3.8, 4) is 0 Å². The van der Waals surface area contributed by atoms with Crippen molar-refractivity contribution < 1.29 is 29.0 Å². The van der Waals surface area contributed by atoms with Crippen molar-refractivity contribution in [1.82, 2.24) is 5.32 Å². The Labute approximate surface area is 165 Å². The van der Waals surface area contributed by atoms with Crippen molar-refractivity contribution in [3.05, 3.63) is 56.3 Å². The summed E-state index contributed by atoms with van der Waals surface area (Å²) in [7, 11) is 1.18. The van der Waals surface area contributed by atoms with Crippen LogP contribution in [0.2, 0.25) is 10.0 Å². The van der Waals surface area contributed by atoms with Crippen LogP contribution in [0.4, 0.5) is 0 Å². The molecule has 0 radical (unpaired) electrons. The number of allylic oxidation sites excluding steroid dienone is 1. The fourth-order valence-electron chi connectivity index (χ4n) is 2.86. The highest BCUT2D eigenvalue weighted by molar-refractivity contribution is 6.42. The number of nitrogens with one attached hydrogen (secondary N) is 1. The Hall–Kier alpha value is -2.51. The van der Waals surface area contributed by atoms with E-state index in [2.05, 4.69) is 5.32 Å². The number of dihydropyridines is 1. The molecule has 1 unspecified atom stereocenters. The highest BCUT2D eigenvalue weighted by atomic mass is 35.5. The molecule has 144 valence electrons. The van der Waals surface area contributed by atoms with Gasteiger partial charge in [0.15, 0.2) is 0 Å². The molecule has 1 heterocycles. The summed E-state index contributed by atoms with van der Waals surface area (Å²) in [6, 6.07) is 4.67. The molecule has 2 rings (SSSR count). The molecular formula is C18H17Cl2NO6. The van der Waals surface area contributed by atoms with E-state index in [0.29, 0.717) is 0 Å². The molecular weight excluding hydrogens is 397 g/mol. The number of hydrogen-bond acceptors (Lipinski definition) is 6. The van der Waals surface area contributed by atoms with E-state index >= 15 is 0 Å². The minimum absolute atomic E-state index is 0.0154. The number of benzene rings is 1. The number of halogens is 2. The van der Waals surface area contributed by atoms with Crippen LogP contribution in [0.25, 0.3) is 0 Å². The number of rotatable bonds is 5. The van der Waals surface area contributed by atoms with E-state index in [9.17, 15) is 19.5 Å². The Bertz CT molecular complexity index is 875. The molecule has 1 atom stereocenters. The van der Waals surface area contributed by atoms with Crippen LogP contribution < -0.4 is 5.32 Å². The number of ether oxygens (including phenoxy) is 2. The van der Waals surface area contributed by atoms with Gasteiger partial charge in [0, 0.05) is 5.70 Å². The zero-order valence-corrected chi connectivity index (χ0v) is 16.3. The van der Waals surface area contributed by atoms with Crippen LogP contribution >= 0.6 is 23.2 Å². The summed E-state index contributed by atoms with van der Waals surface area (Å²) in [5, 5.41) is 12.5. The quantitative estimate of drug-likeness (QED) is 0.715. The van der Waals surface area contributed by atoms with Crippen LogP contribution in [-0.2, 0) is 23.9 Å². The van der Waals surface area contributed by atoms with Crippen molar-refractivity contribution >= 4 is 41.1 Å². The van der Waals surface area contributed by atoms with Gasteiger partial charge >= 0.3 is 17.9 Å². The van der Waals surface area contributed by atoms with Gasteiger partial charge in [-0.1, -0.05) is 35.3 Å². The summed E-state index contributed by atoms with van der Waals surface area (Å²) in [5.74, 6) is -4.15. The van der Waals surface area contributed by atoms with E-state index in [1.165, 1.54) is 20.1 Å². The molecule has 1 aromatic rings. The minimum Gasteiger partial charge on any atom is -0.477 e. The zero-order chi connectivity index (χ0) is 20.3. The van der Waals surface area contributed by atoms with Crippen molar-refractivity contribution in [1.29, 1.82) is 0 Å². The summed E-state index contributed by atoms with van der Waals surface area (Å²) < 4.78 is 9.86. The summed E-state index contributed by atoms with van der Waals surface area (Å²) in [5.41, 5.74) is -0.130. The lowest BCUT2D eigenvalue weighted by atomic mass is 9.80. The molecule has 0 fully saturated rings. The van der Waals surface area contributed by atoms with Gasteiger partial charge < -0.3 is 19.9 Å². The van der Waals surface area contributed by atoms with Crippen LogP contribution in [0.1, 0.15) is 25.3 Å². The number of carboxylic acids is 1. The third kappa shape index (κ3) is 3.94. The third-order valence-corrected chi connectivity index (χ3v) is 4.80. The van der Waals surface area contributed by atoms with Crippen LogP contribution in [0.15, 0.2) is 40.7 Å². The molecule has 0 aliphatic carbocycles. The molecule has 2 N–H and O–H groups in total. The van der Waals surface area contributed by atoms with Crippen molar-refractivity contribution in [2.45, 2.75) is 19.8 Å². The Morgan fingerprint density at radius 2 is 1.85 bits per heavy atom. The average molecular weight is 414 g/mol. The fraction of sp³-hybridized carbons (Fsp3) is 0.278. The topological polar surface area (TPSA) is 102 Å². The zero-order valence-electron chi connectivity index (χ0n) is 14.8. The van der Waals surface area contributed by atoms with Crippen molar-refractivity contribution in [3.63, 3.8) is 0 Å². The van der Waals surface area contributed by atoms with Crippen LogP contribution in [0.5, 0.6) is 0 Å². The molecule has 27 heavy (non-hydrogen) atoms. The van der Waals surface area contributed by atoms with Crippen LogP contribution in [0.3, 0.4) is 0 Å². The summed E-state index contributed by atoms with van der Waals surface area (Å²) >= 11 is 12.4. The summed E-state index contributed by atoms with van der Waals surface area (Å²) in [6.45, 7) is 3.10. The lowest BCUT2D eigenvalue weighted by Gasteiger charge is -2.30. The molecule has 0 amide bonds. The lowest BCUT2D eigenvalue weighted by Crippen LogP contribution is -2.36. The second-order valence-electron chi connectivity index (χ2n) is 5.55. The largest absolute Gasteiger partial charge is 0.477 e. The highest BCUT2D eigenvalue weighted by Crippen LogP contribution is 2.43. The molecule has 1 aliphatic rings. The Morgan fingerprint density at radius 1 is 1.19 bits per heavy atom. The smallest absolute Gasteiger partial charge is 0.352 e. The van der Waals surface area contributed by atoms with Gasteiger partial charge in [0.1, 0.15) is 5.70 Å². The third-order valence-electron chi connectivity index (χ3n) is 3.97. The number of hydrogen-bond donors (Lipinski definition) is 2. The highest BCUT2D eigenvalue weighted by Gasteiger charge is 2.41. The van der Waals surface area contributed by atoms with Gasteiger partial charge in [0.05, 0.1) is 40.8 Å². The first-order chi connectivity index (χ1) is 12.7. The van der Waals surface area contributed by atoms with E-state index in [-0.39, 0.29) is 39.1 Å². The summed E-state index contributed by atoms with van der Waals surface area (Å²) in [6.07, 6.45) is 0. The molecule has 0 spiro atoms. The minimum atomic E-state index is -1.38. The molecule has 0 bridgehead atoms. The van der Waals surface area contributed by atoms with E-state index in [1.54, 1.807) is 19.1 Å². The number of aliphatic carboxylic acids is 1. The number of esters is 2. The lowest BCUT2D eigenvalue weighted by molar-refractivity contribution is -0.140. The Balaban J connectivity index is 2.85. The molecule has 0 saturated carbocycles. The summed E-state index contributed by atoms with van der Waals surface area (Å²) in [4.78, 5) is 36.8. The van der Waals surface area contributed by atoms with E-state index < -0.39 is 29.5 Å². The second kappa shape index (κ2) is 8.45. The Kier molecular flexibility index (Phi) is 6.51.